The maximum atomic E-state index is 10.8. The van der Waals surface area contributed by atoms with Crippen LogP contribution in [0.1, 0.15) is 5.56 Å². The Bertz CT molecular complexity index is 484. The number of rotatable bonds is 2. The number of allylic oxidation sites excluding steroid dienone is 1. The highest BCUT2D eigenvalue weighted by atomic mass is 28.3. The number of carbonyl (C=O) groups is 1. The summed E-state index contributed by atoms with van der Waals surface area (Å²) in [5, 5.41) is 8.84. The van der Waals surface area contributed by atoms with Gasteiger partial charge >= 0.3 is 5.97 Å². The first kappa shape index (κ1) is 13.3. The van der Waals surface area contributed by atoms with Crippen molar-refractivity contribution in [3.8, 4) is 11.5 Å². The Morgan fingerprint density at radius 3 is 2.29 bits per heavy atom. The van der Waals surface area contributed by atoms with Gasteiger partial charge in [0, 0.05) is 11.6 Å². The summed E-state index contributed by atoms with van der Waals surface area (Å²) in [5.41, 5.74) is 4.60. The van der Waals surface area contributed by atoms with Crippen LogP contribution in [0.25, 0.3) is 5.57 Å². The van der Waals surface area contributed by atoms with E-state index in [-0.39, 0.29) is 0 Å². The first-order valence-corrected chi connectivity index (χ1v) is 8.92. The zero-order valence-electron chi connectivity index (χ0n) is 10.3. The highest BCUT2D eigenvalue weighted by Gasteiger charge is 2.08. The van der Waals surface area contributed by atoms with E-state index in [0.29, 0.717) is 5.57 Å². The molecule has 0 saturated carbocycles. The Balaban J connectivity index is 3.15. The molecular weight excluding hydrogens is 228 g/mol. The van der Waals surface area contributed by atoms with Crippen molar-refractivity contribution in [2.75, 3.05) is 0 Å². The molecule has 0 aliphatic carbocycles. The molecule has 1 N–H and O–H groups in total. The van der Waals surface area contributed by atoms with Crippen molar-refractivity contribution in [2.24, 2.45) is 0 Å². The second-order valence-corrected chi connectivity index (χ2v) is 9.51. The molecule has 0 atom stereocenters. The lowest BCUT2D eigenvalue weighted by Crippen LogP contribution is -2.16. The minimum Gasteiger partial charge on any atom is -0.478 e. The van der Waals surface area contributed by atoms with E-state index < -0.39 is 14.0 Å². The molecule has 0 bridgehead atoms. The van der Waals surface area contributed by atoms with E-state index in [1.807, 2.05) is 30.3 Å². The van der Waals surface area contributed by atoms with Gasteiger partial charge in [-0.15, -0.1) is 5.54 Å². The predicted octanol–water partition coefficient (Wildman–Crippen LogP) is 3.04. The molecule has 3 heteroatoms. The van der Waals surface area contributed by atoms with Crippen LogP contribution in [0.2, 0.25) is 19.6 Å². The van der Waals surface area contributed by atoms with Gasteiger partial charge in [-0.05, 0) is 5.56 Å². The zero-order chi connectivity index (χ0) is 12.9. The van der Waals surface area contributed by atoms with Gasteiger partial charge in [-0.1, -0.05) is 55.9 Å². The summed E-state index contributed by atoms with van der Waals surface area (Å²) in [7, 11) is -1.50. The summed E-state index contributed by atoms with van der Waals surface area (Å²) in [4.78, 5) is 10.8. The molecule has 0 unspecified atom stereocenters. The number of aliphatic carboxylic acids is 1. The third-order valence-electron chi connectivity index (χ3n) is 1.92. The fourth-order valence-electron chi connectivity index (χ4n) is 1.19. The van der Waals surface area contributed by atoms with E-state index in [1.54, 1.807) is 0 Å². The normalized spacial score (nSPS) is 11.6. The highest BCUT2D eigenvalue weighted by molar-refractivity contribution is 6.84. The molecule has 0 aromatic heterocycles. The van der Waals surface area contributed by atoms with Gasteiger partial charge in [-0.3, -0.25) is 0 Å². The van der Waals surface area contributed by atoms with Crippen molar-refractivity contribution < 1.29 is 9.90 Å². The molecule has 0 spiro atoms. The van der Waals surface area contributed by atoms with Crippen LogP contribution in [0.3, 0.4) is 0 Å². The van der Waals surface area contributed by atoms with Gasteiger partial charge in [0.15, 0.2) is 0 Å². The van der Waals surface area contributed by atoms with Gasteiger partial charge in [0.05, 0.1) is 0 Å². The molecule has 1 aromatic carbocycles. The van der Waals surface area contributed by atoms with Crippen molar-refractivity contribution in [1.82, 2.24) is 0 Å². The molecule has 0 fully saturated rings. The molecule has 0 aliphatic rings. The smallest absolute Gasteiger partial charge is 0.329 e. The number of benzene rings is 1. The van der Waals surface area contributed by atoms with Crippen LogP contribution in [0, 0.1) is 11.5 Å². The lowest BCUT2D eigenvalue weighted by Gasteiger charge is -2.04. The quantitative estimate of drug-likeness (QED) is 0.493. The topological polar surface area (TPSA) is 37.3 Å². The van der Waals surface area contributed by atoms with Gasteiger partial charge in [0.1, 0.15) is 8.07 Å². The van der Waals surface area contributed by atoms with Crippen LogP contribution in [-0.4, -0.2) is 19.1 Å². The minimum atomic E-state index is -1.50. The van der Waals surface area contributed by atoms with Crippen molar-refractivity contribution in [1.29, 1.82) is 0 Å². The van der Waals surface area contributed by atoms with Gasteiger partial charge in [-0.2, -0.15) is 0 Å². The molecule has 0 radical (unpaired) electrons. The summed E-state index contributed by atoms with van der Waals surface area (Å²) in [6, 6.07) is 9.39. The molecular formula is C14H16O2Si. The molecule has 0 heterocycles. The number of carboxylic acids is 1. The molecule has 2 nitrogen and oxygen atoms in total. The number of hydrogen-bond acceptors (Lipinski definition) is 1. The average molecular weight is 244 g/mol. The van der Waals surface area contributed by atoms with Gasteiger partial charge < -0.3 is 5.11 Å². The first-order valence-electron chi connectivity index (χ1n) is 5.42. The zero-order valence-corrected chi connectivity index (χ0v) is 11.3. The third-order valence-corrected chi connectivity index (χ3v) is 2.80. The Hall–Kier alpha value is -1.79. The van der Waals surface area contributed by atoms with E-state index in [1.165, 1.54) is 6.08 Å². The Labute approximate surface area is 103 Å². The first-order chi connectivity index (χ1) is 7.88. The van der Waals surface area contributed by atoms with Crippen LogP contribution < -0.4 is 0 Å². The van der Waals surface area contributed by atoms with Gasteiger partial charge in [-0.25, -0.2) is 4.79 Å². The summed E-state index contributed by atoms with van der Waals surface area (Å²) < 4.78 is 0. The summed E-state index contributed by atoms with van der Waals surface area (Å²) >= 11 is 0. The molecule has 88 valence electrons. The molecule has 0 amide bonds. The van der Waals surface area contributed by atoms with E-state index in [2.05, 4.69) is 31.1 Å². The van der Waals surface area contributed by atoms with E-state index in [4.69, 9.17) is 5.11 Å². The Kier molecular flexibility index (Phi) is 4.30. The van der Waals surface area contributed by atoms with Crippen LogP contribution in [-0.2, 0) is 4.79 Å². The van der Waals surface area contributed by atoms with Crippen molar-refractivity contribution in [3.63, 3.8) is 0 Å². The van der Waals surface area contributed by atoms with E-state index >= 15 is 0 Å². The average Bonchev–Trinajstić information content (AvgIpc) is 2.24. The third kappa shape index (κ3) is 5.18. The van der Waals surface area contributed by atoms with Crippen LogP contribution in [0.4, 0.5) is 0 Å². The molecule has 1 rings (SSSR count). The maximum Gasteiger partial charge on any atom is 0.329 e. The summed E-state index contributed by atoms with van der Waals surface area (Å²) in [5.74, 6) is 2.04. The monoisotopic (exact) mass is 244 g/mol. The Morgan fingerprint density at radius 1 is 1.24 bits per heavy atom. The second kappa shape index (κ2) is 5.51. The minimum absolute atomic E-state index is 0.570. The fraction of sp³-hybridized carbons (Fsp3) is 0.214. The molecule has 17 heavy (non-hydrogen) atoms. The van der Waals surface area contributed by atoms with Crippen LogP contribution in [0.15, 0.2) is 36.4 Å². The van der Waals surface area contributed by atoms with Gasteiger partial charge in [0.2, 0.25) is 0 Å². The largest absolute Gasteiger partial charge is 0.478 e. The molecule has 1 aromatic rings. The lowest BCUT2D eigenvalue weighted by atomic mass is 10.1. The number of carboxylic acid groups (broad SMARTS) is 1. The van der Waals surface area contributed by atoms with Crippen LogP contribution in [0.5, 0.6) is 0 Å². The van der Waals surface area contributed by atoms with Gasteiger partial charge in [0.25, 0.3) is 0 Å². The van der Waals surface area contributed by atoms with Crippen LogP contribution >= 0.6 is 0 Å². The molecule has 0 aliphatic heterocycles. The second-order valence-electron chi connectivity index (χ2n) is 4.76. The Morgan fingerprint density at radius 2 is 1.82 bits per heavy atom. The standard InChI is InChI=1S/C14H16O2Si/c1-17(2,3)10-9-13(11-14(15)16)12-7-5-4-6-8-12/h4-8,11H,1-3H3,(H,15,16). The van der Waals surface area contributed by atoms with Crippen molar-refractivity contribution >= 4 is 19.6 Å². The van der Waals surface area contributed by atoms with Crippen molar-refractivity contribution in [3.05, 3.63) is 42.0 Å². The van der Waals surface area contributed by atoms with E-state index in [9.17, 15) is 4.79 Å². The molecule has 0 saturated heterocycles. The summed E-state index contributed by atoms with van der Waals surface area (Å²) in [6.07, 6.45) is 1.17. The fourth-order valence-corrected chi connectivity index (χ4v) is 1.70. The SMILES string of the molecule is C[Si](C)(C)C#CC(=CC(=O)O)c1ccccc1. The highest BCUT2D eigenvalue weighted by Crippen LogP contribution is 2.13. The van der Waals surface area contributed by atoms with E-state index in [0.717, 1.165) is 5.56 Å². The summed E-state index contributed by atoms with van der Waals surface area (Å²) in [6.45, 7) is 6.39. The van der Waals surface area contributed by atoms with Crippen molar-refractivity contribution in [2.45, 2.75) is 19.6 Å². The maximum absolute atomic E-state index is 10.8. The predicted molar refractivity (Wildman–Crippen MR) is 73.2 cm³/mol. The number of hydrogen-bond donors (Lipinski definition) is 1. The lowest BCUT2D eigenvalue weighted by molar-refractivity contribution is -0.131.